The van der Waals surface area contributed by atoms with Crippen LogP contribution in [0.25, 0.3) is 11.4 Å². The molecule has 0 unspecified atom stereocenters. The van der Waals surface area contributed by atoms with Crippen LogP contribution >= 0.6 is 11.6 Å². The Morgan fingerprint density at radius 2 is 1.76 bits per heavy atom. The molecule has 0 bridgehead atoms. The molecule has 1 aliphatic rings. The zero-order valence-corrected chi connectivity index (χ0v) is 20.4. The second-order valence-electron chi connectivity index (χ2n) is 9.32. The first kappa shape index (κ1) is 24.4. The van der Waals surface area contributed by atoms with Gasteiger partial charge in [0.25, 0.3) is 0 Å². The van der Waals surface area contributed by atoms with Crippen LogP contribution in [0.3, 0.4) is 0 Å². The van der Waals surface area contributed by atoms with Crippen LogP contribution in [0.1, 0.15) is 44.5 Å². The van der Waals surface area contributed by atoms with E-state index in [1.54, 1.807) is 0 Å². The molecule has 1 aliphatic heterocycles. The van der Waals surface area contributed by atoms with Gasteiger partial charge in [0, 0.05) is 13.0 Å². The number of Topliss-reactive ketones (excluding diaryl/α,β-unsaturated/α-hetero) is 1. The Hall–Kier alpha value is -2.77. The molecule has 0 radical (unpaired) electrons. The summed E-state index contributed by atoms with van der Waals surface area (Å²) in [6, 6.07) is 11.8. The maximum absolute atomic E-state index is 13.7. The third-order valence-corrected chi connectivity index (χ3v) is 6.38. The second-order valence-corrected chi connectivity index (χ2v) is 9.73. The molecule has 0 aliphatic carbocycles. The molecule has 0 N–H and O–H groups in total. The van der Waals surface area contributed by atoms with Crippen LogP contribution in [0.5, 0.6) is 0 Å². The molecule has 1 saturated heterocycles. The van der Waals surface area contributed by atoms with Crippen molar-refractivity contribution in [3.05, 3.63) is 75.2 Å². The van der Waals surface area contributed by atoms with Crippen molar-refractivity contribution in [3.63, 3.8) is 0 Å². The molecule has 6 nitrogen and oxygen atoms in total. The molecule has 1 fully saturated rings. The van der Waals surface area contributed by atoms with Gasteiger partial charge in [-0.2, -0.15) is 4.68 Å². The van der Waals surface area contributed by atoms with E-state index < -0.39 is 11.5 Å². The van der Waals surface area contributed by atoms with Gasteiger partial charge in [0.2, 0.25) is 0 Å². The fourth-order valence-corrected chi connectivity index (χ4v) is 4.55. The molecule has 2 aromatic carbocycles. The third-order valence-electron chi connectivity index (χ3n) is 6.09. The van der Waals surface area contributed by atoms with Gasteiger partial charge in [0.1, 0.15) is 17.4 Å². The average Bonchev–Trinajstić information content (AvgIpc) is 3.42. The van der Waals surface area contributed by atoms with Gasteiger partial charge in [0.05, 0.1) is 22.8 Å². The molecule has 0 spiro atoms. The van der Waals surface area contributed by atoms with Crippen LogP contribution < -0.4 is 5.69 Å². The number of carbonyl (C=O) groups is 1. The first-order chi connectivity index (χ1) is 16.3. The Morgan fingerprint density at radius 3 is 2.41 bits per heavy atom. The van der Waals surface area contributed by atoms with Crippen LogP contribution in [0, 0.1) is 11.7 Å². The predicted octanol–water partition coefficient (Wildman–Crippen LogP) is 4.61. The molecule has 2 heterocycles. The molecule has 34 heavy (non-hydrogen) atoms. The molecule has 180 valence electrons. The summed E-state index contributed by atoms with van der Waals surface area (Å²) in [4.78, 5) is 28.4. The van der Waals surface area contributed by atoms with E-state index in [0.717, 1.165) is 26.1 Å². The van der Waals surface area contributed by atoms with Gasteiger partial charge in [-0.1, -0.05) is 37.6 Å². The molecule has 4 rings (SSSR count). The monoisotopic (exact) mass is 484 g/mol. The minimum absolute atomic E-state index is 0.00331. The summed E-state index contributed by atoms with van der Waals surface area (Å²) in [6.07, 6.45) is 3.88. The van der Waals surface area contributed by atoms with Crippen molar-refractivity contribution in [2.45, 2.75) is 46.0 Å². The summed E-state index contributed by atoms with van der Waals surface area (Å²) in [6.45, 7) is 7.29. The first-order valence-electron chi connectivity index (χ1n) is 11.8. The van der Waals surface area contributed by atoms with Gasteiger partial charge < -0.3 is 4.90 Å². The SMILES string of the molecule is CC(C)CC(=O)Cc1nn(-c2ccc(CCN3CCCC3)cc2)c(=O)n1-c1ccc(F)c(Cl)c1. The van der Waals surface area contributed by atoms with Crippen LogP contribution in [-0.2, 0) is 17.6 Å². The molecular weight excluding hydrogens is 455 g/mol. The quantitative estimate of drug-likeness (QED) is 0.445. The summed E-state index contributed by atoms with van der Waals surface area (Å²) < 4.78 is 16.4. The Bertz CT molecular complexity index is 1210. The topological polar surface area (TPSA) is 60.1 Å². The highest BCUT2D eigenvalue weighted by molar-refractivity contribution is 6.30. The molecule has 0 saturated carbocycles. The fourth-order valence-electron chi connectivity index (χ4n) is 4.38. The average molecular weight is 485 g/mol. The smallest absolute Gasteiger partial charge is 0.303 e. The molecule has 0 atom stereocenters. The van der Waals surface area contributed by atoms with Crippen LogP contribution in [0.4, 0.5) is 4.39 Å². The predicted molar refractivity (Wildman–Crippen MR) is 132 cm³/mol. The normalized spacial score (nSPS) is 14.3. The van der Waals surface area contributed by atoms with Gasteiger partial charge in [-0.25, -0.2) is 13.8 Å². The zero-order chi connectivity index (χ0) is 24.2. The summed E-state index contributed by atoms with van der Waals surface area (Å²) >= 11 is 5.97. The lowest BCUT2D eigenvalue weighted by Gasteiger charge is -2.14. The van der Waals surface area contributed by atoms with Crippen molar-refractivity contribution in [2.24, 2.45) is 5.92 Å². The highest BCUT2D eigenvalue weighted by Crippen LogP contribution is 2.20. The Morgan fingerprint density at radius 1 is 1.09 bits per heavy atom. The minimum atomic E-state index is -0.576. The van der Waals surface area contributed by atoms with Crippen molar-refractivity contribution < 1.29 is 9.18 Å². The maximum atomic E-state index is 13.7. The van der Waals surface area contributed by atoms with Crippen molar-refractivity contribution in [1.29, 1.82) is 0 Å². The molecule has 3 aromatic rings. The Kier molecular flexibility index (Phi) is 7.63. The first-order valence-corrected chi connectivity index (χ1v) is 12.2. The lowest BCUT2D eigenvalue weighted by molar-refractivity contribution is -0.119. The Labute approximate surface area is 204 Å². The van der Waals surface area contributed by atoms with Gasteiger partial charge in [-0.15, -0.1) is 5.10 Å². The number of benzene rings is 2. The van der Waals surface area contributed by atoms with Crippen molar-refractivity contribution in [2.75, 3.05) is 19.6 Å². The highest BCUT2D eigenvalue weighted by Gasteiger charge is 2.20. The fraction of sp³-hybridized carbons (Fsp3) is 0.423. The number of hydrogen-bond acceptors (Lipinski definition) is 4. The van der Waals surface area contributed by atoms with Crippen molar-refractivity contribution >= 4 is 17.4 Å². The van der Waals surface area contributed by atoms with Crippen molar-refractivity contribution in [3.8, 4) is 11.4 Å². The van der Waals surface area contributed by atoms with E-state index in [2.05, 4.69) is 10.00 Å². The van der Waals surface area contributed by atoms with E-state index in [9.17, 15) is 14.0 Å². The van der Waals surface area contributed by atoms with E-state index in [-0.39, 0.29) is 23.1 Å². The Balaban J connectivity index is 1.65. The standard InChI is InChI=1S/C26H30ClFN4O2/c1-18(2)15-22(33)17-25-29-32(26(34)31(25)21-9-10-24(28)23(27)16-21)20-7-5-19(6-8-20)11-14-30-12-3-4-13-30/h5-10,16,18H,3-4,11-15,17H2,1-2H3. The number of aromatic nitrogens is 3. The second kappa shape index (κ2) is 10.7. The molecule has 0 amide bonds. The van der Waals surface area contributed by atoms with E-state index in [1.165, 1.54) is 45.9 Å². The van der Waals surface area contributed by atoms with E-state index in [1.807, 2.05) is 38.1 Å². The van der Waals surface area contributed by atoms with Gasteiger partial charge >= 0.3 is 5.69 Å². The van der Waals surface area contributed by atoms with Crippen LogP contribution in [-0.4, -0.2) is 44.7 Å². The maximum Gasteiger partial charge on any atom is 0.355 e. The van der Waals surface area contributed by atoms with Crippen LogP contribution in [0.15, 0.2) is 47.3 Å². The summed E-state index contributed by atoms with van der Waals surface area (Å²) in [7, 11) is 0. The number of hydrogen-bond donors (Lipinski definition) is 0. The number of nitrogens with zero attached hydrogens (tertiary/aromatic N) is 4. The van der Waals surface area contributed by atoms with Crippen LogP contribution in [0.2, 0.25) is 5.02 Å². The number of likely N-dealkylation sites (tertiary alicyclic amines) is 1. The molecule has 1 aromatic heterocycles. The minimum Gasteiger partial charge on any atom is -0.303 e. The van der Waals surface area contributed by atoms with Gasteiger partial charge in [0.15, 0.2) is 0 Å². The molecule has 8 heteroatoms. The summed E-state index contributed by atoms with van der Waals surface area (Å²) in [5.74, 6) is -0.0914. The van der Waals surface area contributed by atoms with E-state index in [0.29, 0.717) is 23.6 Å². The number of rotatable bonds is 9. The number of carbonyl (C=O) groups excluding carboxylic acids is 1. The zero-order valence-electron chi connectivity index (χ0n) is 19.6. The van der Waals surface area contributed by atoms with Gasteiger partial charge in [-0.05, 0) is 74.2 Å². The highest BCUT2D eigenvalue weighted by atomic mass is 35.5. The number of ketones is 1. The molecular formula is C26H30ClFN4O2. The lowest BCUT2D eigenvalue weighted by Crippen LogP contribution is -2.24. The lowest BCUT2D eigenvalue weighted by atomic mass is 10.1. The van der Waals surface area contributed by atoms with Gasteiger partial charge in [-0.3, -0.25) is 4.79 Å². The third kappa shape index (κ3) is 5.65. The number of halogens is 2. The largest absolute Gasteiger partial charge is 0.355 e. The van der Waals surface area contributed by atoms with Crippen molar-refractivity contribution in [1.82, 2.24) is 19.2 Å². The van der Waals surface area contributed by atoms with E-state index in [4.69, 9.17) is 11.6 Å². The summed E-state index contributed by atoms with van der Waals surface area (Å²) in [5, 5.41) is 4.40. The summed E-state index contributed by atoms with van der Waals surface area (Å²) in [5.41, 5.74) is 1.75. The van der Waals surface area contributed by atoms with E-state index >= 15 is 0 Å².